The molecule has 2 heterocycles. The van der Waals surface area contributed by atoms with Gasteiger partial charge in [-0.05, 0) is 42.0 Å². The Morgan fingerprint density at radius 3 is 2.31 bits per heavy atom. The Morgan fingerprint density at radius 2 is 1.62 bits per heavy atom. The Balaban J connectivity index is 1.96. The number of nitrogens with zero attached hydrogens (tertiary/aromatic N) is 2. The van der Waals surface area contributed by atoms with E-state index in [1.807, 2.05) is 78.0 Å². The molecule has 1 aromatic heterocycles. The van der Waals surface area contributed by atoms with Crippen LogP contribution in [0.2, 0.25) is 0 Å². The summed E-state index contributed by atoms with van der Waals surface area (Å²) in [7, 11) is 0. The number of benzene rings is 2. The molecule has 3 aromatic rings. The number of aromatic carboxylic acids is 1. The van der Waals surface area contributed by atoms with Crippen LogP contribution in [-0.2, 0) is 0 Å². The van der Waals surface area contributed by atoms with E-state index >= 15 is 0 Å². The molecule has 1 aliphatic heterocycles. The van der Waals surface area contributed by atoms with Gasteiger partial charge in [-0.25, -0.2) is 9.78 Å². The number of aromatic nitrogens is 1. The summed E-state index contributed by atoms with van der Waals surface area (Å²) in [4.78, 5) is 18.1. The van der Waals surface area contributed by atoms with Crippen LogP contribution in [0.4, 0.5) is 5.82 Å². The van der Waals surface area contributed by atoms with Gasteiger partial charge in [-0.15, -0.1) is 0 Å². The average Bonchev–Trinajstić information content (AvgIpc) is 2.96. The van der Waals surface area contributed by atoms with E-state index < -0.39 is 5.97 Å². The molecule has 0 aliphatic carbocycles. The average molecular weight is 340 g/mol. The van der Waals surface area contributed by atoms with E-state index in [0.717, 1.165) is 27.8 Å². The predicted octanol–water partition coefficient (Wildman–Crippen LogP) is 5.00. The first-order valence-corrected chi connectivity index (χ1v) is 8.26. The summed E-state index contributed by atoms with van der Waals surface area (Å²) in [5.41, 5.74) is 2.97. The third kappa shape index (κ3) is 3.00. The van der Waals surface area contributed by atoms with Gasteiger partial charge in [0.15, 0.2) is 0 Å². The van der Waals surface area contributed by atoms with E-state index in [4.69, 9.17) is 4.98 Å². The standard InChI is InChI=1S/C22H16N2O2/c25-22(26)17-10-11-20-18(14-17)15-19(16-8-4-3-5-9-16)21(23-20)24-12-6-1-2-7-13-24/h1-15H,(H,25,26). The molecule has 4 nitrogen and oxygen atoms in total. The van der Waals surface area contributed by atoms with Crippen LogP contribution in [-0.4, -0.2) is 16.1 Å². The zero-order valence-corrected chi connectivity index (χ0v) is 13.9. The summed E-state index contributed by atoms with van der Waals surface area (Å²) in [5, 5.41) is 10.1. The first kappa shape index (κ1) is 15.8. The number of carboxylic acid groups (broad SMARTS) is 1. The number of allylic oxidation sites excluding steroid dienone is 4. The van der Waals surface area contributed by atoms with Crippen molar-refractivity contribution in [3.8, 4) is 11.1 Å². The second-order valence-electron chi connectivity index (χ2n) is 5.91. The fourth-order valence-electron chi connectivity index (χ4n) is 2.93. The Labute approximate surface area is 151 Å². The Bertz CT molecular complexity index is 1050. The van der Waals surface area contributed by atoms with Crippen LogP contribution in [0.25, 0.3) is 22.0 Å². The highest BCUT2D eigenvalue weighted by atomic mass is 16.4. The largest absolute Gasteiger partial charge is 0.478 e. The topological polar surface area (TPSA) is 53.4 Å². The quantitative estimate of drug-likeness (QED) is 0.729. The summed E-state index contributed by atoms with van der Waals surface area (Å²) in [6, 6.07) is 17.0. The molecule has 0 bridgehead atoms. The number of rotatable bonds is 3. The van der Waals surface area contributed by atoms with Crippen molar-refractivity contribution in [3.05, 3.63) is 96.9 Å². The third-order valence-electron chi connectivity index (χ3n) is 4.20. The van der Waals surface area contributed by atoms with Crippen molar-refractivity contribution in [2.24, 2.45) is 0 Å². The lowest BCUT2D eigenvalue weighted by Crippen LogP contribution is -2.10. The highest BCUT2D eigenvalue weighted by molar-refractivity contribution is 5.96. The van der Waals surface area contributed by atoms with Gasteiger partial charge in [-0.2, -0.15) is 0 Å². The molecular weight excluding hydrogens is 324 g/mol. The minimum atomic E-state index is -0.943. The molecule has 0 saturated carbocycles. The van der Waals surface area contributed by atoms with Crippen molar-refractivity contribution >= 4 is 22.7 Å². The van der Waals surface area contributed by atoms with Crippen LogP contribution in [0.1, 0.15) is 10.4 Å². The maximum atomic E-state index is 11.3. The highest BCUT2D eigenvalue weighted by Gasteiger charge is 2.14. The molecule has 0 unspecified atom stereocenters. The number of carbonyl (C=O) groups is 1. The molecule has 0 radical (unpaired) electrons. The van der Waals surface area contributed by atoms with Crippen LogP contribution in [0.15, 0.2) is 91.3 Å². The van der Waals surface area contributed by atoms with E-state index in [1.54, 1.807) is 18.2 Å². The van der Waals surface area contributed by atoms with E-state index in [1.165, 1.54) is 0 Å². The third-order valence-corrected chi connectivity index (χ3v) is 4.20. The van der Waals surface area contributed by atoms with Gasteiger partial charge in [0, 0.05) is 23.3 Å². The van der Waals surface area contributed by atoms with Gasteiger partial charge in [0.25, 0.3) is 0 Å². The molecule has 126 valence electrons. The second-order valence-corrected chi connectivity index (χ2v) is 5.91. The molecule has 1 aliphatic rings. The van der Waals surface area contributed by atoms with Crippen molar-refractivity contribution in [1.29, 1.82) is 0 Å². The van der Waals surface area contributed by atoms with Crippen molar-refractivity contribution in [1.82, 2.24) is 4.98 Å². The first-order chi connectivity index (χ1) is 12.7. The first-order valence-electron chi connectivity index (χ1n) is 8.26. The van der Waals surface area contributed by atoms with Crippen molar-refractivity contribution in [3.63, 3.8) is 0 Å². The number of anilines is 1. The number of carboxylic acids is 1. The molecule has 0 spiro atoms. The lowest BCUT2D eigenvalue weighted by Gasteiger charge is -2.19. The minimum Gasteiger partial charge on any atom is -0.478 e. The zero-order valence-electron chi connectivity index (χ0n) is 13.9. The van der Waals surface area contributed by atoms with Crippen molar-refractivity contribution < 1.29 is 9.90 Å². The Kier molecular flexibility index (Phi) is 4.07. The van der Waals surface area contributed by atoms with Gasteiger partial charge in [0.2, 0.25) is 0 Å². The van der Waals surface area contributed by atoms with E-state index in [2.05, 4.69) is 0 Å². The number of fused-ring (bicyclic) bond motifs is 1. The van der Waals surface area contributed by atoms with Gasteiger partial charge in [0.05, 0.1) is 11.1 Å². The Hall–Kier alpha value is -3.66. The molecule has 26 heavy (non-hydrogen) atoms. The van der Waals surface area contributed by atoms with Crippen LogP contribution in [0.5, 0.6) is 0 Å². The lowest BCUT2D eigenvalue weighted by atomic mass is 10.0. The van der Waals surface area contributed by atoms with Crippen molar-refractivity contribution in [2.45, 2.75) is 0 Å². The number of hydrogen-bond acceptors (Lipinski definition) is 3. The summed E-state index contributed by atoms with van der Waals surface area (Å²) in [5.74, 6) is -0.148. The van der Waals surface area contributed by atoms with Gasteiger partial charge in [-0.1, -0.05) is 42.5 Å². The summed E-state index contributed by atoms with van der Waals surface area (Å²) < 4.78 is 0. The fourth-order valence-corrected chi connectivity index (χ4v) is 2.93. The fraction of sp³-hybridized carbons (Fsp3) is 0. The second kappa shape index (κ2) is 6.69. The molecule has 0 atom stereocenters. The van der Waals surface area contributed by atoms with Gasteiger partial charge in [-0.3, -0.25) is 0 Å². The smallest absolute Gasteiger partial charge is 0.335 e. The maximum Gasteiger partial charge on any atom is 0.335 e. The lowest BCUT2D eigenvalue weighted by molar-refractivity contribution is 0.0697. The van der Waals surface area contributed by atoms with E-state index in [-0.39, 0.29) is 5.56 Å². The molecule has 0 fully saturated rings. The number of hydrogen-bond donors (Lipinski definition) is 1. The minimum absolute atomic E-state index is 0.254. The van der Waals surface area contributed by atoms with Crippen LogP contribution < -0.4 is 4.90 Å². The van der Waals surface area contributed by atoms with Gasteiger partial charge in [0.1, 0.15) is 5.82 Å². The highest BCUT2D eigenvalue weighted by Crippen LogP contribution is 2.33. The normalized spacial score (nSPS) is 13.2. The molecule has 4 rings (SSSR count). The molecule has 4 heteroatoms. The predicted molar refractivity (Wildman–Crippen MR) is 104 cm³/mol. The molecule has 0 saturated heterocycles. The summed E-state index contributed by atoms with van der Waals surface area (Å²) >= 11 is 0. The summed E-state index contributed by atoms with van der Waals surface area (Å²) in [6.45, 7) is 0. The summed E-state index contributed by atoms with van der Waals surface area (Å²) in [6.07, 6.45) is 11.7. The van der Waals surface area contributed by atoms with Gasteiger partial charge >= 0.3 is 5.97 Å². The molecule has 2 aromatic carbocycles. The van der Waals surface area contributed by atoms with Gasteiger partial charge < -0.3 is 10.0 Å². The van der Waals surface area contributed by atoms with Crippen LogP contribution in [0.3, 0.4) is 0 Å². The van der Waals surface area contributed by atoms with Crippen molar-refractivity contribution in [2.75, 3.05) is 4.90 Å². The zero-order chi connectivity index (χ0) is 17.9. The monoisotopic (exact) mass is 340 g/mol. The molecule has 1 N–H and O–H groups in total. The Morgan fingerprint density at radius 1 is 0.885 bits per heavy atom. The van der Waals surface area contributed by atoms with E-state index in [0.29, 0.717) is 0 Å². The van der Waals surface area contributed by atoms with E-state index in [9.17, 15) is 9.90 Å². The molecule has 0 amide bonds. The number of pyridine rings is 1. The van der Waals surface area contributed by atoms with Crippen LogP contribution in [0, 0.1) is 0 Å². The maximum absolute atomic E-state index is 11.3. The molecular formula is C22H16N2O2. The van der Waals surface area contributed by atoms with Crippen LogP contribution >= 0.6 is 0 Å². The SMILES string of the molecule is O=C(O)c1ccc2nc(N3C=CC=CC=C3)c(-c3ccccc3)cc2c1.